The standard InChI is InChI=1S/C19H23N3O4.ClH/c1-20-10-9-18(23)21-14-11-17(26-3)15(12-16(14)25-2)22-19(24)13-7-5-4-6-8-13;/h4-8,11-12,20H,9-10H2,1-3H3,(H,21,23)(H,22,24);1H. The van der Waals surface area contributed by atoms with Crippen molar-refractivity contribution in [3.8, 4) is 11.5 Å². The Morgan fingerprint density at radius 3 is 2.00 bits per heavy atom. The summed E-state index contributed by atoms with van der Waals surface area (Å²) in [5, 5.41) is 8.50. The predicted molar refractivity (Wildman–Crippen MR) is 108 cm³/mol. The highest BCUT2D eigenvalue weighted by Gasteiger charge is 2.16. The van der Waals surface area contributed by atoms with Crippen molar-refractivity contribution in [1.29, 1.82) is 0 Å². The van der Waals surface area contributed by atoms with Gasteiger partial charge in [-0.05, 0) is 19.2 Å². The maximum atomic E-state index is 12.4. The number of nitrogens with one attached hydrogen (secondary N) is 3. The van der Waals surface area contributed by atoms with Gasteiger partial charge in [0, 0.05) is 30.7 Å². The molecule has 27 heavy (non-hydrogen) atoms. The Morgan fingerprint density at radius 2 is 1.48 bits per heavy atom. The zero-order valence-corrected chi connectivity index (χ0v) is 16.3. The largest absolute Gasteiger partial charge is 0.494 e. The molecule has 146 valence electrons. The van der Waals surface area contributed by atoms with Crippen LogP contribution in [0.15, 0.2) is 42.5 Å². The third kappa shape index (κ3) is 6.16. The van der Waals surface area contributed by atoms with E-state index in [0.29, 0.717) is 41.4 Å². The summed E-state index contributed by atoms with van der Waals surface area (Å²) < 4.78 is 10.7. The molecule has 2 aromatic carbocycles. The average Bonchev–Trinajstić information content (AvgIpc) is 2.67. The van der Waals surface area contributed by atoms with Crippen LogP contribution in [-0.2, 0) is 4.79 Å². The van der Waals surface area contributed by atoms with Crippen molar-refractivity contribution in [1.82, 2.24) is 5.32 Å². The number of carbonyl (C=O) groups excluding carboxylic acids is 2. The molecule has 0 saturated carbocycles. The fourth-order valence-corrected chi connectivity index (χ4v) is 2.33. The van der Waals surface area contributed by atoms with Crippen LogP contribution in [0.3, 0.4) is 0 Å². The number of rotatable bonds is 8. The van der Waals surface area contributed by atoms with E-state index in [1.807, 2.05) is 6.07 Å². The Bertz CT molecular complexity index is 769. The molecule has 0 radical (unpaired) electrons. The zero-order chi connectivity index (χ0) is 18.9. The van der Waals surface area contributed by atoms with Gasteiger partial charge in [0.2, 0.25) is 5.91 Å². The second kappa shape index (κ2) is 11.1. The molecule has 2 amide bonds. The topological polar surface area (TPSA) is 88.7 Å². The highest BCUT2D eigenvalue weighted by Crippen LogP contribution is 2.36. The Balaban J connectivity index is 0.00000364. The van der Waals surface area contributed by atoms with Gasteiger partial charge in [0.25, 0.3) is 5.91 Å². The monoisotopic (exact) mass is 393 g/mol. The molecule has 0 heterocycles. The Hall–Kier alpha value is -2.77. The van der Waals surface area contributed by atoms with Gasteiger partial charge in [0.05, 0.1) is 25.6 Å². The van der Waals surface area contributed by atoms with Gasteiger partial charge in [-0.3, -0.25) is 9.59 Å². The van der Waals surface area contributed by atoms with Crippen LogP contribution in [0.4, 0.5) is 11.4 Å². The summed E-state index contributed by atoms with van der Waals surface area (Å²) in [4.78, 5) is 24.3. The van der Waals surface area contributed by atoms with Crippen LogP contribution in [0.2, 0.25) is 0 Å². The number of carbonyl (C=O) groups is 2. The molecule has 2 aromatic rings. The van der Waals surface area contributed by atoms with Gasteiger partial charge in [-0.25, -0.2) is 0 Å². The molecular weight excluding hydrogens is 370 g/mol. The first-order valence-corrected chi connectivity index (χ1v) is 8.16. The number of benzene rings is 2. The third-order valence-electron chi connectivity index (χ3n) is 3.68. The van der Waals surface area contributed by atoms with Gasteiger partial charge in [-0.1, -0.05) is 18.2 Å². The third-order valence-corrected chi connectivity index (χ3v) is 3.68. The molecule has 0 aliphatic carbocycles. The molecule has 0 spiro atoms. The molecule has 0 aromatic heterocycles. The number of ether oxygens (including phenoxy) is 2. The van der Waals surface area contributed by atoms with E-state index < -0.39 is 0 Å². The Labute approximate surface area is 164 Å². The van der Waals surface area contributed by atoms with E-state index in [9.17, 15) is 9.59 Å². The van der Waals surface area contributed by atoms with E-state index in [2.05, 4.69) is 16.0 Å². The maximum Gasteiger partial charge on any atom is 0.255 e. The number of hydrogen-bond donors (Lipinski definition) is 3. The average molecular weight is 394 g/mol. The second-order valence-corrected chi connectivity index (χ2v) is 5.47. The van der Waals surface area contributed by atoms with Gasteiger partial charge >= 0.3 is 0 Å². The SMILES string of the molecule is CNCCC(=O)Nc1cc(OC)c(NC(=O)c2ccccc2)cc1OC.Cl. The summed E-state index contributed by atoms with van der Waals surface area (Å²) in [5.74, 6) is 0.420. The summed E-state index contributed by atoms with van der Waals surface area (Å²) in [6.07, 6.45) is 0.328. The molecule has 0 aliphatic heterocycles. The van der Waals surface area contributed by atoms with E-state index in [1.54, 1.807) is 43.4 Å². The molecule has 0 saturated heterocycles. The zero-order valence-electron chi connectivity index (χ0n) is 15.5. The fourth-order valence-electron chi connectivity index (χ4n) is 2.33. The van der Waals surface area contributed by atoms with Crippen LogP contribution in [0.1, 0.15) is 16.8 Å². The Morgan fingerprint density at radius 1 is 0.926 bits per heavy atom. The lowest BCUT2D eigenvalue weighted by molar-refractivity contribution is -0.116. The molecule has 7 nitrogen and oxygen atoms in total. The number of hydrogen-bond acceptors (Lipinski definition) is 5. The molecular formula is C19H24ClN3O4. The van der Waals surface area contributed by atoms with E-state index in [4.69, 9.17) is 9.47 Å². The molecule has 0 unspecified atom stereocenters. The summed E-state index contributed by atoms with van der Waals surface area (Å²) in [6, 6.07) is 12.1. The normalized spacial score (nSPS) is 9.74. The minimum absolute atomic E-state index is 0. The first kappa shape index (κ1) is 22.3. The van der Waals surface area contributed by atoms with E-state index >= 15 is 0 Å². The van der Waals surface area contributed by atoms with Crippen LogP contribution < -0.4 is 25.4 Å². The highest BCUT2D eigenvalue weighted by molar-refractivity contribution is 6.05. The number of methoxy groups -OCH3 is 2. The molecule has 0 bridgehead atoms. The van der Waals surface area contributed by atoms with Crippen LogP contribution in [0, 0.1) is 0 Å². The van der Waals surface area contributed by atoms with E-state index in [0.717, 1.165) is 0 Å². The summed E-state index contributed by atoms with van der Waals surface area (Å²) >= 11 is 0. The predicted octanol–water partition coefficient (Wildman–Crippen LogP) is 2.93. The van der Waals surface area contributed by atoms with Gasteiger partial charge in [0.15, 0.2) is 0 Å². The van der Waals surface area contributed by atoms with E-state index in [1.165, 1.54) is 14.2 Å². The van der Waals surface area contributed by atoms with Crippen molar-refractivity contribution in [3.05, 3.63) is 48.0 Å². The lowest BCUT2D eigenvalue weighted by atomic mass is 10.2. The second-order valence-electron chi connectivity index (χ2n) is 5.47. The molecule has 0 aliphatic rings. The van der Waals surface area contributed by atoms with Crippen molar-refractivity contribution < 1.29 is 19.1 Å². The van der Waals surface area contributed by atoms with Crippen molar-refractivity contribution in [2.45, 2.75) is 6.42 Å². The summed E-state index contributed by atoms with van der Waals surface area (Å²) in [5.41, 5.74) is 1.45. The minimum Gasteiger partial charge on any atom is -0.494 e. The molecule has 0 atom stereocenters. The van der Waals surface area contributed by atoms with Crippen LogP contribution in [-0.4, -0.2) is 39.6 Å². The smallest absolute Gasteiger partial charge is 0.255 e. The van der Waals surface area contributed by atoms with Gasteiger partial charge < -0.3 is 25.4 Å². The highest BCUT2D eigenvalue weighted by atomic mass is 35.5. The van der Waals surface area contributed by atoms with Gasteiger partial charge in [0.1, 0.15) is 11.5 Å². The van der Waals surface area contributed by atoms with Crippen molar-refractivity contribution in [3.63, 3.8) is 0 Å². The van der Waals surface area contributed by atoms with E-state index in [-0.39, 0.29) is 24.2 Å². The van der Waals surface area contributed by atoms with Gasteiger partial charge in [-0.2, -0.15) is 0 Å². The molecule has 8 heteroatoms. The number of halogens is 1. The quantitative estimate of drug-likeness (QED) is 0.641. The lowest BCUT2D eigenvalue weighted by Gasteiger charge is -2.16. The number of anilines is 2. The summed E-state index contributed by atoms with van der Waals surface area (Å²) in [6.45, 7) is 0.566. The maximum absolute atomic E-state index is 12.4. The van der Waals surface area contributed by atoms with Crippen LogP contribution in [0.5, 0.6) is 11.5 Å². The molecule has 0 fully saturated rings. The summed E-state index contributed by atoms with van der Waals surface area (Å²) in [7, 11) is 4.77. The van der Waals surface area contributed by atoms with Crippen molar-refractivity contribution in [2.24, 2.45) is 0 Å². The Kier molecular flexibility index (Phi) is 9.12. The first-order valence-electron chi connectivity index (χ1n) is 8.16. The van der Waals surface area contributed by atoms with Gasteiger partial charge in [-0.15, -0.1) is 12.4 Å². The lowest BCUT2D eigenvalue weighted by Crippen LogP contribution is -2.19. The van der Waals surface area contributed by atoms with Crippen molar-refractivity contribution in [2.75, 3.05) is 38.4 Å². The molecule has 3 N–H and O–H groups in total. The fraction of sp³-hybridized carbons (Fsp3) is 0.263. The van der Waals surface area contributed by atoms with Crippen molar-refractivity contribution >= 4 is 35.6 Å². The minimum atomic E-state index is -0.267. The number of amides is 2. The molecule has 2 rings (SSSR count). The van der Waals surface area contributed by atoms with Crippen LogP contribution in [0.25, 0.3) is 0 Å². The van der Waals surface area contributed by atoms with Crippen LogP contribution >= 0.6 is 12.4 Å². The first-order chi connectivity index (χ1) is 12.6.